The van der Waals surface area contributed by atoms with E-state index in [4.69, 9.17) is 0 Å². The molecule has 0 radical (unpaired) electrons. The van der Waals surface area contributed by atoms with E-state index >= 15 is 0 Å². The first-order chi connectivity index (χ1) is 4.75. The highest BCUT2D eigenvalue weighted by Gasteiger charge is 2.05. The molecule has 0 bridgehead atoms. The third kappa shape index (κ3) is 1.26. The fraction of sp³-hybridized carbons (Fsp3) is 0.167. The number of pyridine rings is 1. The van der Waals surface area contributed by atoms with E-state index in [1.165, 1.54) is 19.4 Å². The average molecular weight is 206 g/mol. The molecule has 4 heteroatoms. The smallest absolute Gasteiger partial charge is 0.197 e. The monoisotopic (exact) mass is 205 g/mol. The van der Waals surface area contributed by atoms with Gasteiger partial charge < -0.3 is 4.74 Å². The molecule has 0 amide bonds. The van der Waals surface area contributed by atoms with Gasteiger partial charge in [-0.05, 0) is 15.9 Å². The van der Waals surface area contributed by atoms with Crippen LogP contribution in [0.4, 0.5) is 4.39 Å². The Kier molecular flexibility index (Phi) is 2.21. The molecule has 1 aromatic heterocycles. The van der Waals surface area contributed by atoms with Crippen molar-refractivity contribution in [2.24, 2.45) is 0 Å². The zero-order chi connectivity index (χ0) is 7.56. The van der Waals surface area contributed by atoms with E-state index in [1.54, 1.807) is 0 Å². The Morgan fingerprint density at radius 1 is 1.70 bits per heavy atom. The summed E-state index contributed by atoms with van der Waals surface area (Å²) in [4.78, 5) is 3.65. The summed E-state index contributed by atoms with van der Waals surface area (Å²) >= 11 is 2.92. The fourth-order valence-electron chi connectivity index (χ4n) is 0.560. The van der Waals surface area contributed by atoms with E-state index in [0.29, 0.717) is 0 Å². The molecule has 1 heterocycles. The van der Waals surface area contributed by atoms with Gasteiger partial charge in [0.05, 0.1) is 7.11 Å². The largest absolute Gasteiger partial charge is 0.494 e. The van der Waals surface area contributed by atoms with E-state index in [2.05, 4.69) is 25.7 Å². The topological polar surface area (TPSA) is 22.1 Å². The predicted octanol–water partition coefficient (Wildman–Crippen LogP) is 1.99. The van der Waals surface area contributed by atoms with Crippen LogP contribution in [0.2, 0.25) is 0 Å². The molecular formula is C6H5BrFNO. The Balaban J connectivity index is 3.14. The van der Waals surface area contributed by atoms with Crippen LogP contribution >= 0.6 is 15.9 Å². The lowest BCUT2D eigenvalue weighted by atomic mass is 10.4. The predicted molar refractivity (Wildman–Crippen MR) is 38.4 cm³/mol. The molecule has 0 N–H and O–H groups in total. The van der Waals surface area contributed by atoms with Crippen molar-refractivity contribution in [3.8, 4) is 5.75 Å². The van der Waals surface area contributed by atoms with E-state index < -0.39 is 5.82 Å². The maximum Gasteiger partial charge on any atom is 0.197 e. The van der Waals surface area contributed by atoms with Gasteiger partial charge in [0.15, 0.2) is 11.6 Å². The number of hydrogen-bond donors (Lipinski definition) is 0. The lowest BCUT2D eigenvalue weighted by Gasteiger charge is -1.99. The standard InChI is InChI=1S/C6H5BrFNO/c1-10-4-2-3-9-6(7)5(4)8/h2-3H,1H3. The number of rotatable bonds is 1. The normalized spacial score (nSPS) is 9.50. The minimum atomic E-state index is -0.468. The number of nitrogens with zero attached hydrogens (tertiary/aromatic N) is 1. The molecule has 0 atom stereocenters. The van der Waals surface area contributed by atoms with E-state index in [1.807, 2.05) is 0 Å². The molecule has 2 nitrogen and oxygen atoms in total. The van der Waals surface area contributed by atoms with Crippen molar-refractivity contribution in [2.45, 2.75) is 0 Å². The fourth-order valence-corrected chi connectivity index (χ4v) is 0.873. The first-order valence-electron chi connectivity index (χ1n) is 2.59. The summed E-state index contributed by atoms with van der Waals surface area (Å²) < 4.78 is 17.6. The molecule has 54 valence electrons. The minimum Gasteiger partial charge on any atom is -0.494 e. The second-order valence-electron chi connectivity index (χ2n) is 1.62. The van der Waals surface area contributed by atoms with Gasteiger partial charge in [-0.15, -0.1) is 0 Å². The summed E-state index contributed by atoms with van der Waals surface area (Å²) in [5.74, 6) is -0.271. The third-order valence-electron chi connectivity index (χ3n) is 1.03. The van der Waals surface area contributed by atoms with Gasteiger partial charge in [-0.1, -0.05) is 0 Å². The number of hydrogen-bond acceptors (Lipinski definition) is 2. The zero-order valence-corrected chi connectivity index (χ0v) is 6.85. The Labute approximate surface area is 66.2 Å². The molecule has 1 rings (SSSR count). The summed E-state index contributed by atoms with van der Waals surface area (Å²) in [6, 6.07) is 1.46. The van der Waals surface area contributed by atoms with Gasteiger partial charge in [0, 0.05) is 12.3 Å². The van der Waals surface area contributed by atoms with Crippen molar-refractivity contribution < 1.29 is 9.13 Å². The highest BCUT2D eigenvalue weighted by Crippen LogP contribution is 2.21. The van der Waals surface area contributed by atoms with Crippen molar-refractivity contribution in [1.29, 1.82) is 0 Å². The molecule has 0 aliphatic carbocycles. The molecule has 0 saturated carbocycles. The number of aromatic nitrogens is 1. The molecule has 0 aromatic carbocycles. The zero-order valence-electron chi connectivity index (χ0n) is 5.27. The van der Waals surface area contributed by atoms with Crippen LogP contribution in [0.3, 0.4) is 0 Å². The molecule has 0 fully saturated rings. The summed E-state index contributed by atoms with van der Waals surface area (Å²) in [5.41, 5.74) is 0. The third-order valence-corrected chi connectivity index (χ3v) is 1.58. The van der Waals surface area contributed by atoms with Crippen LogP contribution in [-0.4, -0.2) is 12.1 Å². The average Bonchev–Trinajstić information content (AvgIpc) is 1.95. The number of ether oxygens (including phenoxy) is 1. The van der Waals surface area contributed by atoms with Gasteiger partial charge in [-0.2, -0.15) is 4.39 Å². The molecule has 0 unspecified atom stereocenters. The van der Waals surface area contributed by atoms with Gasteiger partial charge >= 0.3 is 0 Å². The SMILES string of the molecule is COc1ccnc(Br)c1F. The molecule has 0 aliphatic heterocycles. The maximum absolute atomic E-state index is 12.8. The number of methoxy groups -OCH3 is 1. The highest BCUT2D eigenvalue weighted by atomic mass is 79.9. The lowest BCUT2D eigenvalue weighted by molar-refractivity contribution is 0.383. The Morgan fingerprint density at radius 3 is 2.90 bits per heavy atom. The van der Waals surface area contributed by atoms with Crippen LogP contribution in [0.5, 0.6) is 5.75 Å². The minimum absolute atomic E-state index is 0.173. The first-order valence-corrected chi connectivity index (χ1v) is 3.39. The molecule has 0 spiro atoms. The van der Waals surface area contributed by atoms with Crippen molar-refractivity contribution in [2.75, 3.05) is 7.11 Å². The molecular weight excluding hydrogens is 201 g/mol. The Morgan fingerprint density at radius 2 is 2.40 bits per heavy atom. The van der Waals surface area contributed by atoms with Gasteiger partial charge in [0.2, 0.25) is 0 Å². The van der Waals surface area contributed by atoms with Crippen LogP contribution in [0, 0.1) is 5.82 Å². The van der Waals surface area contributed by atoms with Gasteiger partial charge in [-0.25, -0.2) is 4.98 Å². The molecule has 1 aromatic rings. The summed E-state index contributed by atoms with van der Waals surface area (Å²) in [7, 11) is 1.41. The van der Waals surface area contributed by atoms with Crippen LogP contribution < -0.4 is 4.74 Å². The van der Waals surface area contributed by atoms with Gasteiger partial charge in [0.1, 0.15) is 4.60 Å². The number of halogens is 2. The summed E-state index contributed by atoms with van der Waals surface area (Å²) in [5, 5.41) is 0. The second-order valence-corrected chi connectivity index (χ2v) is 2.37. The highest BCUT2D eigenvalue weighted by molar-refractivity contribution is 9.10. The van der Waals surface area contributed by atoms with E-state index in [0.717, 1.165) is 0 Å². The lowest BCUT2D eigenvalue weighted by Crippen LogP contribution is -1.89. The van der Waals surface area contributed by atoms with Crippen LogP contribution in [0.25, 0.3) is 0 Å². The quantitative estimate of drug-likeness (QED) is 0.655. The van der Waals surface area contributed by atoms with Gasteiger partial charge in [-0.3, -0.25) is 0 Å². The van der Waals surface area contributed by atoms with Gasteiger partial charge in [0.25, 0.3) is 0 Å². The Bertz CT molecular complexity index is 241. The summed E-state index contributed by atoms with van der Waals surface area (Å²) in [6.07, 6.45) is 1.46. The molecule has 0 saturated heterocycles. The van der Waals surface area contributed by atoms with Crippen molar-refractivity contribution >= 4 is 15.9 Å². The van der Waals surface area contributed by atoms with E-state index in [9.17, 15) is 4.39 Å². The second kappa shape index (κ2) is 2.96. The molecule has 10 heavy (non-hydrogen) atoms. The maximum atomic E-state index is 12.8. The van der Waals surface area contributed by atoms with Crippen molar-refractivity contribution in [3.63, 3.8) is 0 Å². The Hall–Kier alpha value is -0.640. The van der Waals surface area contributed by atoms with E-state index in [-0.39, 0.29) is 10.4 Å². The van der Waals surface area contributed by atoms with Crippen LogP contribution in [0.1, 0.15) is 0 Å². The van der Waals surface area contributed by atoms with Crippen LogP contribution in [-0.2, 0) is 0 Å². The molecule has 0 aliphatic rings. The summed E-state index contributed by atoms with van der Waals surface area (Å²) in [6.45, 7) is 0. The van der Waals surface area contributed by atoms with Crippen molar-refractivity contribution in [1.82, 2.24) is 4.98 Å². The van der Waals surface area contributed by atoms with Crippen LogP contribution in [0.15, 0.2) is 16.9 Å². The first kappa shape index (κ1) is 7.47. The van der Waals surface area contributed by atoms with Crippen molar-refractivity contribution in [3.05, 3.63) is 22.7 Å².